The Morgan fingerprint density at radius 3 is 2.74 bits per heavy atom. The number of esters is 1. The van der Waals surface area contributed by atoms with Crippen molar-refractivity contribution in [1.29, 1.82) is 0 Å². The quantitative estimate of drug-likeness (QED) is 0.377. The molecular weight excluding hydrogens is 362 g/mol. The van der Waals surface area contributed by atoms with Crippen molar-refractivity contribution in [3.63, 3.8) is 0 Å². The van der Waals surface area contributed by atoms with E-state index in [0.29, 0.717) is 6.07 Å². The summed E-state index contributed by atoms with van der Waals surface area (Å²) < 4.78 is 36.8. The van der Waals surface area contributed by atoms with E-state index in [4.69, 9.17) is 9.26 Å². The Kier molecular flexibility index (Phi) is 4.93. The van der Waals surface area contributed by atoms with Crippen molar-refractivity contribution in [3.8, 4) is 11.3 Å². The highest BCUT2D eigenvalue weighted by atomic mass is 19.1. The molecule has 0 N–H and O–H groups in total. The molecule has 0 saturated heterocycles. The highest BCUT2D eigenvalue weighted by molar-refractivity contribution is 5.92. The van der Waals surface area contributed by atoms with Crippen LogP contribution in [0.2, 0.25) is 0 Å². The number of nitro groups is 1. The van der Waals surface area contributed by atoms with Crippen LogP contribution in [0.4, 0.5) is 14.5 Å². The molecule has 0 saturated carbocycles. The molecule has 0 fully saturated rings. The van der Waals surface area contributed by atoms with Crippen LogP contribution in [0.25, 0.3) is 11.3 Å². The minimum atomic E-state index is -0.818. The first-order valence-electron chi connectivity index (χ1n) is 7.69. The number of hydrogen-bond acceptors (Lipinski definition) is 6. The predicted octanol–water partition coefficient (Wildman–Crippen LogP) is 4.19. The molecule has 0 bridgehead atoms. The molecule has 9 heteroatoms. The summed E-state index contributed by atoms with van der Waals surface area (Å²) in [5.41, 5.74) is 0.250. The van der Waals surface area contributed by atoms with Crippen LogP contribution in [-0.4, -0.2) is 16.0 Å². The van der Waals surface area contributed by atoms with Gasteiger partial charge in [0, 0.05) is 23.8 Å². The number of halogens is 2. The van der Waals surface area contributed by atoms with Crippen molar-refractivity contribution < 1.29 is 27.8 Å². The second-order valence-corrected chi connectivity index (χ2v) is 5.59. The van der Waals surface area contributed by atoms with E-state index in [0.717, 1.165) is 6.07 Å². The fourth-order valence-electron chi connectivity index (χ4n) is 2.46. The summed E-state index contributed by atoms with van der Waals surface area (Å²) in [4.78, 5) is 22.5. The van der Waals surface area contributed by atoms with Gasteiger partial charge >= 0.3 is 5.97 Å². The van der Waals surface area contributed by atoms with Gasteiger partial charge in [0.2, 0.25) is 0 Å². The lowest BCUT2D eigenvalue weighted by atomic mass is 10.1. The van der Waals surface area contributed by atoms with Crippen LogP contribution in [0.15, 0.2) is 47.0 Å². The predicted molar refractivity (Wildman–Crippen MR) is 88.8 cm³/mol. The van der Waals surface area contributed by atoms with E-state index in [1.54, 1.807) is 0 Å². The van der Waals surface area contributed by atoms with E-state index >= 15 is 0 Å². The van der Waals surface area contributed by atoms with Crippen molar-refractivity contribution >= 4 is 11.7 Å². The van der Waals surface area contributed by atoms with E-state index < -0.39 is 22.5 Å². The van der Waals surface area contributed by atoms with Gasteiger partial charge in [0.15, 0.2) is 5.76 Å². The maximum atomic E-state index is 13.8. The monoisotopic (exact) mass is 374 g/mol. The molecule has 0 spiro atoms. The molecule has 1 aromatic heterocycles. The fraction of sp³-hybridized carbons (Fsp3) is 0.111. The third kappa shape index (κ3) is 3.81. The number of ether oxygens (including phenoxy) is 1. The van der Waals surface area contributed by atoms with Crippen molar-refractivity contribution in [2.24, 2.45) is 0 Å². The Hall–Kier alpha value is -3.62. The lowest BCUT2D eigenvalue weighted by Gasteiger charge is -2.05. The van der Waals surface area contributed by atoms with Crippen molar-refractivity contribution in [2.75, 3.05) is 0 Å². The van der Waals surface area contributed by atoms with Gasteiger partial charge in [-0.05, 0) is 25.1 Å². The summed E-state index contributed by atoms with van der Waals surface area (Å²) in [5.74, 6) is -2.27. The minimum Gasteiger partial charge on any atom is -0.455 e. The molecule has 3 rings (SSSR count). The number of aromatic nitrogens is 1. The van der Waals surface area contributed by atoms with Crippen LogP contribution in [0.1, 0.15) is 21.6 Å². The molecule has 0 aliphatic carbocycles. The highest BCUT2D eigenvalue weighted by Crippen LogP contribution is 2.25. The number of carbonyl (C=O) groups is 1. The lowest BCUT2D eigenvalue weighted by Crippen LogP contribution is -2.08. The zero-order valence-electron chi connectivity index (χ0n) is 13.9. The van der Waals surface area contributed by atoms with Crippen molar-refractivity contribution in [2.45, 2.75) is 13.5 Å². The van der Waals surface area contributed by atoms with E-state index in [-0.39, 0.29) is 40.4 Å². The molecule has 0 aliphatic heterocycles. The Morgan fingerprint density at radius 2 is 2.04 bits per heavy atom. The van der Waals surface area contributed by atoms with Crippen LogP contribution in [0.3, 0.4) is 0 Å². The molecule has 0 aliphatic rings. The van der Waals surface area contributed by atoms with Gasteiger partial charge < -0.3 is 9.26 Å². The number of nitrogens with zero attached hydrogens (tertiary/aromatic N) is 2. The van der Waals surface area contributed by atoms with Crippen LogP contribution in [0, 0.1) is 28.7 Å². The van der Waals surface area contributed by atoms with Crippen LogP contribution < -0.4 is 0 Å². The standard InChI is InChI=1S/C18H12F2N2O5/c1-10-13(3-2-4-16(10)22(24)25)18(23)26-9-12-8-17(27-21-12)14-6-5-11(19)7-15(14)20/h2-8H,9H2,1H3. The lowest BCUT2D eigenvalue weighted by molar-refractivity contribution is -0.385. The van der Waals surface area contributed by atoms with E-state index in [2.05, 4.69) is 5.16 Å². The van der Waals surface area contributed by atoms with Gasteiger partial charge in [-0.1, -0.05) is 11.2 Å². The molecule has 27 heavy (non-hydrogen) atoms. The Balaban J connectivity index is 1.73. The van der Waals surface area contributed by atoms with Crippen LogP contribution >= 0.6 is 0 Å². The number of hydrogen-bond donors (Lipinski definition) is 0. The summed E-state index contributed by atoms with van der Waals surface area (Å²) in [7, 11) is 0. The molecule has 0 amide bonds. The van der Waals surface area contributed by atoms with Crippen LogP contribution in [0.5, 0.6) is 0 Å². The number of rotatable bonds is 5. The topological polar surface area (TPSA) is 95.5 Å². The molecule has 138 valence electrons. The summed E-state index contributed by atoms with van der Waals surface area (Å²) in [6, 6.07) is 8.42. The van der Waals surface area contributed by atoms with Gasteiger partial charge in [0.1, 0.15) is 23.9 Å². The number of carbonyl (C=O) groups excluding carboxylic acids is 1. The first kappa shape index (κ1) is 18.2. The summed E-state index contributed by atoms with van der Waals surface area (Å²) in [6.45, 7) is 1.16. The van der Waals surface area contributed by atoms with Gasteiger partial charge in [-0.15, -0.1) is 0 Å². The zero-order valence-corrected chi connectivity index (χ0v) is 13.9. The molecule has 0 unspecified atom stereocenters. The van der Waals surface area contributed by atoms with Gasteiger partial charge in [0.25, 0.3) is 5.69 Å². The normalized spacial score (nSPS) is 10.6. The van der Waals surface area contributed by atoms with Gasteiger partial charge in [-0.2, -0.15) is 0 Å². The molecular formula is C18H12F2N2O5. The third-order valence-electron chi connectivity index (χ3n) is 3.83. The summed E-state index contributed by atoms with van der Waals surface area (Å²) in [5, 5.41) is 14.6. The number of nitro benzene ring substituents is 1. The molecule has 2 aromatic carbocycles. The van der Waals surface area contributed by atoms with E-state index in [1.165, 1.54) is 37.3 Å². The first-order chi connectivity index (χ1) is 12.9. The SMILES string of the molecule is Cc1c(C(=O)OCc2cc(-c3ccc(F)cc3F)on2)cccc1[N+](=O)[O-]. The smallest absolute Gasteiger partial charge is 0.339 e. The molecule has 0 atom stereocenters. The second-order valence-electron chi connectivity index (χ2n) is 5.59. The zero-order chi connectivity index (χ0) is 19.6. The van der Waals surface area contributed by atoms with Gasteiger partial charge in [0.05, 0.1) is 16.1 Å². The molecule has 0 radical (unpaired) electrons. The number of benzene rings is 2. The van der Waals surface area contributed by atoms with E-state index in [1.807, 2.05) is 0 Å². The molecule has 3 aromatic rings. The van der Waals surface area contributed by atoms with Gasteiger partial charge in [-0.25, -0.2) is 13.6 Å². The summed E-state index contributed by atoms with van der Waals surface area (Å²) in [6.07, 6.45) is 0. The largest absolute Gasteiger partial charge is 0.455 e. The van der Waals surface area contributed by atoms with Gasteiger partial charge in [-0.3, -0.25) is 10.1 Å². The Bertz CT molecular complexity index is 1030. The minimum absolute atomic E-state index is 0.0102. The van der Waals surface area contributed by atoms with Crippen molar-refractivity contribution in [1.82, 2.24) is 5.16 Å². The first-order valence-corrected chi connectivity index (χ1v) is 7.69. The summed E-state index contributed by atoms with van der Waals surface area (Å²) >= 11 is 0. The highest BCUT2D eigenvalue weighted by Gasteiger charge is 2.20. The maximum absolute atomic E-state index is 13.8. The average Bonchev–Trinajstić information content (AvgIpc) is 3.08. The van der Waals surface area contributed by atoms with E-state index in [9.17, 15) is 23.7 Å². The molecule has 1 heterocycles. The Labute approximate surface area is 151 Å². The molecule has 7 nitrogen and oxygen atoms in total. The maximum Gasteiger partial charge on any atom is 0.339 e. The average molecular weight is 374 g/mol. The third-order valence-corrected chi connectivity index (χ3v) is 3.83. The Morgan fingerprint density at radius 1 is 1.26 bits per heavy atom. The van der Waals surface area contributed by atoms with Crippen LogP contribution in [-0.2, 0) is 11.3 Å². The second kappa shape index (κ2) is 7.32. The van der Waals surface area contributed by atoms with Crippen molar-refractivity contribution in [3.05, 3.63) is 81.0 Å². The fourth-order valence-corrected chi connectivity index (χ4v) is 2.46.